The van der Waals surface area contributed by atoms with Crippen LogP contribution in [0.25, 0.3) is 0 Å². The SMILES string of the molecule is CCOC(=O)CCCNC(=O)[C@H](CC(C)C)C[C@H](O)[C@H](CC1CCCCC1)NC(=O)OC(C)(C)C. The van der Waals surface area contributed by atoms with Gasteiger partial charge in [-0.1, -0.05) is 46.0 Å². The Bertz CT molecular complexity index is 640. The standard InChI is InChI=1S/C27H50N2O6/c1-7-34-24(31)14-11-15-28-25(32)21(16-19(2)3)18-23(30)22(17-20-12-9-8-10-13-20)29-26(33)35-27(4,5)6/h19-23,30H,7-18H2,1-6H3,(H,28,32)(H,29,33)/t21-,22+,23+/m1/s1. The Morgan fingerprint density at radius 2 is 1.71 bits per heavy atom. The van der Waals surface area contributed by atoms with Crippen LogP contribution in [0, 0.1) is 17.8 Å². The fourth-order valence-electron chi connectivity index (χ4n) is 4.71. The molecule has 3 N–H and O–H groups in total. The normalized spacial score (nSPS) is 17.4. The lowest BCUT2D eigenvalue weighted by molar-refractivity contribution is -0.143. The molecule has 0 bridgehead atoms. The van der Waals surface area contributed by atoms with Crippen LogP contribution in [0.1, 0.15) is 106 Å². The molecule has 3 atom stereocenters. The second-order valence-electron chi connectivity index (χ2n) is 11.3. The van der Waals surface area contributed by atoms with Gasteiger partial charge in [0, 0.05) is 18.9 Å². The number of rotatable bonds is 14. The minimum atomic E-state index is -0.863. The van der Waals surface area contributed by atoms with Crippen molar-refractivity contribution in [2.45, 2.75) is 123 Å². The zero-order valence-electron chi connectivity index (χ0n) is 22.9. The molecule has 0 spiro atoms. The summed E-state index contributed by atoms with van der Waals surface area (Å²) < 4.78 is 10.4. The Morgan fingerprint density at radius 3 is 2.29 bits per heavy atom. The molecule has 1 aliphatic carbocycles. The van der Waals surface area contributed by atoms with Gasteiger partial charge in [-0.2, -0.15) is 0 Å². The lowest BCUT2D eigenvalue weighted by Crippen LogP contribution is -2.48. The molecule has 0 radical (unpaired) electrons. The van der Waals surface area contributed by atoms with Crippen LogP contribution in [0.3, 0.4) is 0 Å². The van der Waals surface area contributed by atoms with E-state index >= 15 is 0 Å². The van der Waals surface area contributed by atoms with Gasteiger partial charge in [-0.15, -0.1) is 0 Å². The van der Waals surface area contributed by atoms with Crippen molar-refractivity contribution in [2.75, 3.05) is 13.2 Å². The highest BCUT2D eigenvalue weighted by Crippen LogP contribution is 2.29. The van der Waals surface area contributed by atoms with Crippen LogP contribution in [-0.2, 0) is 19.1 Å². The van der Waals surface area contributed by atoms with Crippen molar-refractivity contribution >= 4 is 18.0 Å². The Hall–Kier alpha value is -1.83. The molecule has 0 unspecified atom stereocenters. The number of alkyl carbamates (subject to hydrolysis) is 1. The van der Waals surface area contributed by atoms with E-state index in [4.69, 9.17) is 9.47 Å². The van der Waals surface area contributed by atoms with Crippen LogP contribution in [-0.4, -0.2) is 54.0 Å². The summed E-state index contributed by atoms with van der Waals surface area (Å²) in [5.41, 5.74) is -0.631. The third-order valence-electron chi connectivity index (χ3n) is 6.29. The molecule has 8 nitrogen and oxygen atoms in total. The Kier molecular flexibility index (Phi) is 14.3. The van der Waals surface area contributed by atoms with Crippen LogP contribution >= 0.6 is 0 Å². The number of hydrogen-bond donors (Lipinski definition) is 3. The van der Waals surface area contributed by atoms with Gasteiger partial charge in [0.05, 0.1) is 18.8 Å². The van der Waals surface area contributed by atoms with Gasteiger partial charge in [-0.3, -0.25) is 9.59 Å². The first-order chi connectivity index (χ1) is 16.4. The first kappa shape index (κ1) is 31.2. The highest BCUT2D eigenvalue weighted by molar-refractivity contribution is 5.78. The number of aliphatic hydroxyl groups is 1. The Balaban J connectivity index is 2.79. The predicted molar refractivity (Wildman–Crippen MR) is 137 cm³/mol. The van der Waals surface area contributed by atoms with E-state index < -0.39 is 23.8 Å². The van der Waals surface area contributed by atoms with Crippen molar-refractivity contribution in [1.29, 1.82) is 0 Å². The number of nitrogens with one attached hydrogen (secondary N) is 2. The summed E-state index contributed by atoms with van der Waals surface area (Å²) in [6.45, 7) is 12.0. The molecular formula is C27H50N2O6. The van der Waals surface area contributed by atoms with Crippen molar-refractivity contribution in [3.05, 3.63) is 0 Å². The van der Waals surface area contributed by atoms with E-state index in [1.54, 1.807) is 6.92 Å². The lowest BCUT2D eigenvalue weighted by Gasteiger charge is -2.32. The second kappa shape index (κ2) is 16.0. The van der Waals surface area contributed by atoms with E-state index in [0.29, 0.717) is 38.3 Å². The smallest absolute Gasteiger partial charge is 0.407 e. The molecule has 0 aromatic carbocycles. The van der Waals surface area contributed by atoms with E-state index in [0.717, 1.165) is 12.8 Å². The number of amides is 2. The number of ether oxygens (including phenoxy) is 2. The van der Waals surface area contributed by atoms with Crippen molar-refractivity contribution in [2.24, 2.45) is 17.8 Å². The van der Waals surface area contributed by atoms with Crippen molar-refractivity contribution in [3.8, 4) is 0 Å². The molecule has 1 fully saturated rings. The maximum Gasteiger partial charge on any atom is 0.407 e. The molecule has 0 aromatic heterocycles. The maximum atomic E-state index is 13.0. The first-order valence-corrected chi connectivity index (χ1v) is 13.5. The topological polar surface area (TPSA) is 114 Å². The van der Waals surface area contributed by atoms with Crippen molar-refractivity contribution < 1.29 is 29.0 Å². The number of aliphatic hydroxyl groups excluding tert-OH is 1. The minimum Gasteiger partial charge on any atom is -0.466 e. The van der Waals surface area contributed by atoms with E-state index in [1.807, 2.05) is 34.6 Å². The molecule has 1 aliphatic rings. The Morgan fingerprint density at radius 1 is 1.06 bits per heavy atom. The summed E-state index contributed by atoms with van der Waals surface area (Å²) in [5, 5.41) is 17.0. The molecule has 0 saturated heterocycles. The van der Waals surface area contributed by atoms with Crippen LogP contribution in [0.4, 0.5) is 4.79 Å². The highest BCUT2D eigenvalue weighted by Gasteiger charge is 2.32. The van der Waals surface area contributed by atoms with Crippen LogP contribution in [0.2, 0.25) is 0 Å². The largest absolute Gasteiger partial charge is 0.466 e. The molecule has 1 saturated carbocycles. The lowest BCUT2D eigenvalue weighted by atomic mass is 9.81. The van der Waals surface area contributed by atoms with Crippen LogP contribution < -0.4 is 10.6 Å². The molecule has 0 aromatic rings. The number of carbonyl (C=O) groups is 3. The van der Waals surface area contributed by atoms with Gasteiger partial charge in [0.2, 0.25) is 5.91 Å². The zero-order chi connectivity index (χ0) is 26.4. The average Bonchev–Trinajstić information content (AvgIpc) is 2.75. The highest BCUT2D eigenvalue weighted by atomic mass is 16.6. The van der Waals surface area contributed by atoms with E-state index in [-0.39, 0.29) is 36.6 Å². The minimum absolute atomic E-state index is 0.129. The van der Waals surface area contributed by atoms with E-state index in [9.17, 15) is 19.5 Å². The van der Waals surface area contributed by atoms with E-state index in [1.165, 1.54) is 19.3 Å². The molecule has 0 aliphatic heterocycles. The van der Waals surface area contributed by atoms with Crippen LogP contribution in [0.15, 0.2) is 0 Å². The van der Waals surface area contributed by atoms with Gasteiger partial charge in [0.1, 0.15) is 5.60 Å². The molecule has 0 heterocycles. The fourth-order valence-corrected chi connectivity index (χ4v) is 4.71. The molecule has 204 valence electrons. The van der Waals surface area contributed by atoms with Crippen molar-refractivity contribution in [3.63, 3.8) is 0 Å². The van der Waals surface area contributed by atoms with Crippen LogP contribution in [0.5, 0.6) is 0 Å². The third-order valence-corrected chi connectivity index (χ3v) is 6.29. The average molecular weight is 499 g/mol. The summed E-state index contributed by atoms with van der Waals surface area (Å²) in [5.74, 6) is -0.0708. The van der Waals surface area contributed by atoms with Gasteiger partial charge < -0.3 is 25.2 Å². The van der Waals surface area contributed by atoms with Gasteiger partial charge in [0.15, 0.2) is 0 Å². The van der Waals surface area contributed by atoms with Gasteiger partial charge in [0.25, 0.3) is 0 Å². The second-order valence-corrected chi connectivity index (χ2v) is 11.3. The fraction of sp³-hybridized carbons (Fsp3) is 0.889. The third kappa shape index (κ3) is 14.4. The molecule has 35 heavy (non-hydrogen) atoms. The quantitative estimate of drug-likeness (QED) is 0.236. The molecule has 2 amide bonds. The zero-order valence-corrected chi connectivity index (χ0v) is 22.9. The summed E-state index contributed by atoms with van der Waals surface area (Å²) in [4.78, 5) is 37.0. The molecule has 1 rings (SSSR count). The Labute approximate surface area is 212 Å². The van der Waals surface area contributed by atoms with Gasteiger partial charge in [-0.25, -0.2) is 4.79 Å². The summed E-state index contributed by atoms with van der Waals surface area (Å²) in [6, 6.07) is -0.473. The number of hydrogen-bond acceptors (Lipinski definition) is 6. The number of carbonyl (C=O) groups excluding carboxylic acids is 3. The monoisotopic (exact) mass is 498 g/mol. The van der Waals surface area contributed by atoms with Crippen molar-refractivity contribution in [1.82, 2.24) is 10.6 Å². The number of esters is 1. The summed E-state index contributed by atoms with van der Waals surface area (Å²) in [7, 11) is 0. The molecular weight excluding hydrogens is 448 g/mol. The predicted octanol–water partition coefficient (Wildman–Crippen LogP) is 4.72. The van der Waals surface area contributed by atoms with E-state index in [2.05, 4.69) is 10.6 Å². The molecule has 8 heteroatoms. The maximum absolute atomic E-state index is 13.0. The summed E-state index contributed by atoms with van der Waals surface area (Å²) >= 11 is 0. The first-order valence-electron chi connectivity index (χ1n) is 13.5. The van der Waals surface area contributed by atoms with Gasteiger partial charge >= 0.3 is 12.1 Å². The summed E-state index contributed by atoms with van der Waals surface area (Å²) in [6.07, 6.45) is 6.68. The van der Waals surface area contributed by atoms with Gasteiger partial charge in [-0.05, 0) is 65.2 Å².